The standard InChI is InChI=1S/2C30H29NO3/c2*1-20(25-12-7-9-21-8-3-4-10-26(21)25)31-19-24-18-28(27-11-5-6-13-29(27)34-24)22-14-16-23(17-15-22)30(32)33-2/h2*3-17,20,24,28,31H,18-19H2,1-2H3/t20-,24-,28+;20-,24-,28-/m11/s1. The molecule has 0 unspecified atom stereocenters. The van der Waals surface area contributed by atoms with Crippen LogP contribution in [0.1, 0.15) is 105 Å². The number of rotatable bonds is 12. The quantitative estimate of drug-likeness (QED) is 0.117. The number of ether oxygens (including phenoxy) is 4. The van der Waals surface area contributed by atoms with Crippen molar-refractivity contribution in [1.29, 1.82) is 0 Å². The van der Waals surface area contributed by atoms with E-state index in [1.54, 1.807) is 0 Å². The molecule has 0 fully saturated rings. The van der Waals surface area contributed by atoms with Crippen molar-refractivity contribution in [2.75, 3.05) is 27.3 Å². The maximum atomic E-state index is 11.8. The normalized spacial score (nSPS) is 18.1. The first kappa shape index (κ1) is 45.9. The van der Waals surface area contributed by atoms with E-state index in [0.717, 1.165) is 37.4 Å². The first-order valence-electron chi connectivity index (χ1n) is 23.6. The van der Waals surface area contributed by atoms with Crippen LogP contribution in [0.4, 0.5) is 0 Å². The summed E-state index contributed by atoms with van der Waals surface area (Å²) in [5.41, 5.74) is 8.44. The van der Waals surface area contributed by atoms with Crippen molar-refractivity contribution >= 4 is 33.5 Å². The van der Waals surface area contributed by atoms with Gasteiger partial charge in [0.1, 0.15) is 23.7 Å². The maximum Gasteiger partial charge on any atom is 0.337 e. The number of para-hydroxylation sites is 2. The Hall–Kier alpha value is -7.26. The number of hydrogen-bond donors (Lipinski definition) is 2. The van der Waals surface area contributed by atoms with Gasteiger partial charge in [-0.25, -0.2) is 9.59 Å². The van der Waals surface area contributed by atoms with E-state index in [9.17, 15) is 9.59 Å². The fraction of sp³-hybridized carbons (Fsp3) is 0.233. The van der Waals surface area contributed by atoms with Gasteiger partial charge in [0.15, 0.2) is 0 Å². The van der Waals surface area contributed by atoms with Gasteiger partial charge in [0.25, 0.3) is 0 Å². The topological polar surface area (TPSA) is 95.1 Å². The van der Waals surface area contributed by atoms with Gasteiger partial charge < -0.3 is 29.6 Å². The lowest BCUT2D eigenvalue weighted by atomic mass is 9.84. The van der Waals surface area contributed by atoms with Gasteiger partial charge in [-0.15, -0.1) is 0 Å². The predicted octanol–water partition coefficient (Wildman–Crippen LogP) is 12.5. The molecule has 0 saturated heterocycles. The Bertz CT molecular complexity index is 2790. The number of esters is 2. The summed E-state index contributed by atoms with van der Waals surface area (Å²) in [6, 6.07) is 62.4. The summed E-state index contributed by atoms with van der Waals surface area (Å²) in [7, 11) is 2.81. The summed E-state index contributed by atoms with van der Waals surface area (Å²) in [6.45, 7) is 5.91. The molecule has 0 aliphatic carbocycles. The predicted molar refractivity (Wildman–Crippen MR) is 271 cm³/mol. The van der Waals surface area contributed by atoms with E-state index in [0.29, 0.717) is 11.1 Å². The van der Waals surface area contributed by atoms with E-state index in [-0.39, 0.29) is 48.1 Å². The second-order valence-corrected chi connectivity index (χ2v) is 17.8. The second-order valence-electron chi connectivity index (χ2n) is 17.8. The molecule has 8 aromatic rings. The molecular weight excluding hydrogens is 845 g/mol. The maximum absolute atomic E-state index is 11.8. The molecule has 10 rings (SSSR count). The van der Waals surface area contributed by atoms with Crippen molar-refractivity contribution in [3.63, 3.8) is 0 Å². The van der Waals surface area contributed by atoms with E-state index in [4.69, 9.17) is 18.9 Å². The molecule has 68 heavy (non-hydrogen) atoms. The van der Waals surface area contributed by atoms with Crippen LogP contribution in [0, 0.1) is 0 Å². The van der Waals surface area contributed by atoms with Crippen LogP contribution in [-0.2, 0) is 9.47 Å². The van der Waals surface area contributed by atoms with Gasteiger partial charge in [-0.3, -0.25) is 0 Å². The molecule has 2 aliphatic rings. The zero-order valence-electron chi connectivity index (χ0n) is 39.1. The summed E-state index contributed by atoms with van der Waals surface area (Å²) in [5.74, 6) is 1.64. The van der Waals surface area contributed by atoms with Gasteiger partial charge >= 0.3 is 11.9 Å². The van der Waals surface area contributed by atoms with Crippen LogP contribution < -0.4 is 20.1 Å². The molecular formula is C60H58N2O6. The molecule has 0 aromatic heterocycles. The molecule has 0 spiro atoms. The van der Waals surface area contributed by atoms with Crippen molar-refractivity contribution in [1.82, 2.24) is 10.6 Å². The zero-order valence-corrected chi connectivity index (χ0v) is 39.1. The number of benzene rings is 8. The van der Waals surface area contributed by atoms with Gasteiger partial charge in [0.2, 0.25) is 0 Å². The average Bonchev–Trinajstić information content (AvgIpc) is 3.40. The van der Waals surface area contributed by atoms with E-state index >= 15 is 0 Å². The van der Waals surface area contributed by atoms with Gasteiger partial charge in [-0.2, -0.15) is 0 Å². The molecule has 2 heterocycles. The van der Waals surface area contributed by atoms with Crippen LogP contribution >= 0.6 is 0 Å². The highest BCUT2D eigenvalue weighted by Gasteiger charge is 2.31. The molecule has 8 nitrogen and oxygen atoms in total. The molecule has 344 valence electrons. The molecule has 0 saturated carbocycles. The molecule has 6 atom stereocenters. The molecule has 0 bridgehead atoms. The molecule has 0 amide bonds. The minimum atomic E-state index is -0.316. The molecule has 8 heteroatoms. The lowest BCUT2D eigenvalue weighted by Crippen LogP contribution is -2.37. The Balaban J connectivity index is 0.000000170. The Labute approximate surface area is 399 Å². The van der Waals surface area contributed by atoms with Crippen molar-refractivity contribution in [3.8, 4) is 11.5 Å². The number of methoxy groups -OCH3 is 2. The van der Waals surface area contributed by atoms with E-state index in [1.165, 1.54) is 69.1 Å². The lowest BCUT2D eigenvalue weighted by molar-refractivity contribution is 0.0592. The zero-order chi connectivity index (χ0) is 47.0. The summed E-state index contributed by atoms with van der Waals surface area (Å²) in [6.07, 6.45) is 1.81. The van der Waals surface area contributed by atoms with Gasteiger partial charge in [0, 0.05) is 48.1 Å². The van der Waals surface area contributed by atoms with Crippen LogP contribution in [0.2, 0.25) is 0 Å². The second kappa shape index (κ2) is 21.1. The highest BCUT2D eigenvalue weighted by Crippen LogP contribution is 2.42. The van der Waals surface area contributed by atoms with Gasteiger partial charge in [-0.1, -0.05) is 146 Å². The van der Waals surface area contributed by atoms with Crippen LogP contribution in [0.25, 0.3) is 21.5 Å². The minimum Gasteiger partial charge on any atom is -0.489 e. The summed E-state index contributed by atoms with van der Waals surface area (Å²) in [5, 5.41) is 12.5. The fourth-order valence-electron chi connectivity index (χ4n) is 9.90. The number of carbonyl (C=O) groups excluding carboxylic acids is 2. The lowest BCUT2D eigenvalue weighted by Gasteiger charge is -2.33. The van der Waals surface area contributed by atoms with Gasteiger partial charge in [-0.05, 0) is 107 Å². The van der Waals surface area contributed by atoms with Crippen LogP contribution in [0.3, 0.4) is 0 Å². The van der Waals surface area contributed by atoms with Crippen LogP contribution in [0.15, 0.2) is 182 Å². The Morgan fingerprint density at radius 1 is 0.485 bits per heavy atom. The first-order valence-corrected chi connectivity index (χ1v) is 23.6. The highest BCUT2D eigenvalue weighted by molar-refractivity contribution is 5.90. The summed E-state index contributed by atoms with van der Waals surface area (Å²) >= 11 is 0. The SMILES string of the molecule is COC(=O)c1ccc([C@@H]2C[C@H](CN[C@H](C)c3cccc4ccccc34)Oc3ccccc32)cc1.COC(=O)c1ccc([C@H]2C[C@H](CN[C@H](C)c3cccc4ccccc34)Oc3ccccc32)cc1. The van der Waals surface area contributed by atoms with Crippen molar-refractivity contribution < 1.29 is 28.5 Å². The molecule has 2 aliphatic heterocycles. The number of nitrogens with one attached hydrogen (secondary N) is 2. The number of fused-ring (bicyclic) bond motifs is 4. The molecule has 0 radical (unpaired) electrons. The first-order chi connectivity index (χ1) is 33.3. The largest absolute Gasteiger partial charge is 0.489 e. The van der Waals surface area contributed by atoms with E-state index in [1.807, 2.05) is 72.8 Å². The molecule has 2 N–H and O–H groups in total. The third-order valence-corrected chi connectivity index (χ3v) is 13.5. The minimum absolute atomic E-state index is 0.0395. The van der Waals surface area contributed by atoms with E-state index < -0.39 is 0 Å². The van der Waals surface area contributed by atoms with E-state index in [2.05, 4.69) is 134 Å². The highest BCUT2D eigenvalue weighted by atomic mass is 16.5. The molecule has 8 aromatic carbocycles. The third kappa shape index (κ3) is 10.2. The monoisotopic (exact) mass is 902 g/mol. The van der Waals surface area contributed by atoms with Crippen molar-refractivity contribution in [2.45, 2.75) is 62.8 Å². The summed E-state index contributed by atoms with van der Waals surface area (Å²) < 4.78 is 22.5. The number of hydrogen-bond acceptors (Lipinski definition) is 8. The van der Waals surface area contributed by atoms with Crippen LogP contribution in [-0.4, -0.2) is 51.5 Å². The van der Waals surface area contributed by atoms with Gasteiger partial charge in [0.05, 0.1) is 25.3 Å². The Morgan fingerprint density at radius 3 is 1.26 bits per heavy atom. The smallest absolute Gasteiger partial charge is 0.337 e. The number of carbonyl (C=O) groups is 2. The van der Waals surface area contributed by atoms with Crippen LogP contribution in [0.5, 0.6) is 11.5 Å². The average molecular weight is 903 g/mol. The van der Waals surface area contributed by atoms with Crippen molar-refractivity contribution in [2.24, 2.45) is 0 Å². The Morgan fingerprint density at radius 2 is 0.853 bits per heavy atom. The summed E-state index contributed by atoms with van der Waals surface area (Å²) in [4.78, 5) is 23.7. The van der Waals surface area contributed by atoms with Crippen molar-refractivity contribution in [3.05, 3.63) is 226 Å². The Kier molecular flexibility index (Phi) is 14.3. The third-order valence-electron chi connectivity index (χ3n) is 13.5. The fourth-order valence-corrected chi connectivity index (χ4v) is 9.90.